The van der Waals surface area contributed by atoms with Gasteiger partial charge in [0.25, 0.3) is 0 Å². The normalized spacial score (nSPS) is 32.8. The molecule has 2 bridgehead atoms. The lowest BCUT2D eigenvalue weighted by molar-refractivity contribution is 0.548. The van der Waals surface area contributed by atoms with Crippen molar-refractivity contribution < 1.29 is 0 Å². The summed E-state index contributed by atoms with van der Waals surface area (Å²) >= 11 is 0. The van der Waals surface area contributed by atoms with Crippen molar-refractivity contribution >= 4 is 6.71 Å². The van der Waals surface area contributed by atoms with Crippen LogP contribution in [-0.2, 0) is 0 Å². The molecule has 86 valence electrons. The summed E-state index contributed by atoms with van der Waals surface area (Å²) in [5.74, 6) is 3.30. The van der Waals surface area contributed by atoms with Gasteiger partial charge in [-0.25, -0.2) is 0 Å². The monoisotopic (exact) mass is 206 g/mol. The van der Waals surface area contributed by atoms with Gasteiger partial charge in [0, 0.05) is 0 Å². The molecular formula is C14H27B. The van der Waals surface area contributed by atoms with Crippen LogP contribution in [0, 0.1) is 0 Å². The molecule has 0 N–H and O–H groups in total. The van der Waals surface area contributed by atoms with Gasteiger partial charge >= 0.3 is 0 Å². The van der Waals surface area contributed by atoms with Crippen molar-refractivity contribution in [1.29, 1.82) is 0 Å². The Kier molecular flexibility index (Phi) is 4.17. The predicted molar refractivity (Wildman–Crippen MR) is 69.9 cm³/mol. The second-order valence-electron chi connectivity index (χ2n) is 5.92. The van der Waals surface area contributed by atoms with Crippen LogP contribution >= 0.6 is 0 Å². The molecule has 0 aliphatic carbocycles. The fourth-order valence-corrected chi connectivity index (χ4v) is 4.49. The van der Waals surface area contributed by atoms with Crippen molar-refractivity contribution in [3.63, 3.8) is 0 Å². The number of hydrogen-bond acceptors (Lipinski definition) is 0. The zero-order valence-corrected chi connectivity index (χ0v) is 10.7. The van der Waals surface area contributed by atoms with Crippen LogP contribution in [0.2, 0.25) is 17.5 Å². The van der Waals surface area contributed by atoms with E-state index in [1.54, 1.807) is 25.7 Å². The van der Waals surface area contributed by atoms with E-state index >= 15 is 0 Å². The van der Waals surface area contributed by atoms with Crippen LogP contribution < -0.4 is 0 Å². The topological polar surface area (TPSA) is 0 Å². The molecule has 0 saturated carbocycles. The molecule has 2 heterocycles. The minimum absolute atomic E-state index is 1.06. The molecular weight excluding hydrogens is 179 g/mol. The van der Waals surface area contributed by atoms with E-state index in [2.05, 4.69) is 13.8 Å². The van der Waals surface area contributed by atoms with Gasteiger partial charge in [-0.2, -0.15) is 0 Å². The lowest BCUT2D eigenvalue weighted by Crippen LogP contribution is -2.25. The van der Waals surface area contributed by atoms with Gasteiger partial charge in [0.15, 0.2) is 0 Å². The predicted octanol–water partition coefficient (Wildman–Crippen LogP) is 5.17. The van der Waals surface area contributed by atoms with Gasteiger partial charge in [0.2, 0.25) is 0 Å². The molecule has 3 atom stereocenters. The second-order valence-corrected chi connectivity index (χ2v) is 5.92. The molecule has 0 amide bonds. The first-order valence-corrected chi connectivity index (χ1v) is 7.36. The highest BCUT2D eigenvalue weighted by Crippen LogP contribution is 2.52. The largest absolute Gasteiger partial charge is 0.149 e. The Morgan fingerprint density at radius 3 is 2.07 bits per heavy atom. The van der Waals surface area contributed by atoms with Crippen molar-refractivity contribution in [2.75, 3.05) is 0 Å². The second kappa shape index (κ2) is 5.41. The van der Waals surface area contributed by atoms with Gasteiger partial charge < -0.3 is 0 Å². The molecule has 15 heavy (non-hydrogen) atoms. The molecule has 0 aromatic carbocycles. The van der Waals surface area contributed by atoms with Gasteiger partial charge in [-0.3, -0.25) is 0 Å². The Morgan fingerprint density at radius 2 is 1.60 bits per heavy atom. The van der Waals surface area contributed by atoms with Crippen molar-refractivity contribution in [3.8, 4) is 0 Å². The number of fused-ring (bicyclic) bond motifs is 2. The lowest BCUT2D eigenvalue weighted by atomic mass is 9.29. The minimum atomic E-state index is 1.06. The van der Waals surface area contributed by atoms with Crippen molar-refractivity contribution in [1.82, 2.24) is 0 Å². The van der Waals surface area contributed by atoms with Crippen LogP contribution in [0.5, 0.6) is 0 Å². The van der Waals surface area contributed by atoms with Crippen LogP contribution in [0.3, 0.4) is 0 Å². The molecule has 0 aromatic heterocycles. The van der Waals surface area contributed by atoms with Crippen molar-refractivity contribution in [2.45, 2.75) is 89.1 Å². The van der Waals surface area contributed by atoms with E-state index in [0.29, 0.717) is 0 Å². The summed E-state index contributed by atoms with van der Waals surface area (Å²) in [4.78, 5) is 0. The Balaban J connectivity index is 2.04. The minimum Gasteiger partial charge on any atom is -0.0658 e. The lowest BCUT2D eigenvalue weighted by Gasteiger charge is -2.27. The molecule has 0 unspecified atom stereocenters. The summed E-state index contributed by atoms with van der Waals surface area (Å²) in [6, 6.07) is 0. The van der Waals surface area contributed by atoms with Crippen LogP contribution in [0.4, 0.5) is 0 Å². The molecule has 2 aliphatic heterocycles. The van der Waals surface area contributed by atoms with E-state index in [-0.39, 0.29) is 0 Å². The molecule has 0 nitrogen and oxygen atoms in total. The van der Waals surface area contributed by atoms with E-state index in [0.717, 1.165) is 24.2 Å². The molecule has 0 aromatic rings. The molecule has 2 fully saturated rings. The third-order valence-corrected chi connectivity index (χ3v) is 5.12. The highest BCUT2D eigenvalue weighted by Gasteiger charge is 2.43. The smallest absolute Gasteiger partial charge is 0.0658 e. The Morgan fingerprint density at radius 1 is 1.00 bits per heavy atom. The van der Waals surface area contributed by atoms with Crippen LogP contribution in [0.25, 0.3) is 0 Å². The van der Waals surface area contributed by atoms with Crippen LogP contribution in [-0.4, -0.2) is 6.71 Å². The summed E-state index contributed by atoms with van der Waals surface area (Å²) in [6.45, 7) is 5.91. The molecule has 2 rings (SSSR count). The average molecular weight is 206 g/mol. The third-order valence-electron chi connectivity index (χ3n) is 5.12. The first-order valence-electron chi connectivity index (χ1n) is 7.36. The molecule has 1 heteroatoms. The van der Waals surface area contributed by atoms with E-state index in [1.165, 1.54) is 32.1 Å². The first-order chi connectivity index (χ1) is 7.36. The fourth-order valence-electron chi connectivity index (χ4n) is 4.49. The zero-order valence-electron chi connectivity index (χ0n) is 10.7. The van der Waals surface area contributed by atoms with Crippen LogP contribution in [0.1, 0.15) is 71.6 Å². The van der Waals surface area contributed by atoms with E-state index < -0.39 is 0 Å². The summed E-state index contributed by atoms with van der Waals surface area (Å²) < 4.78 is 0. The SMILES string of the molecule is CCC[C@@H](CC)B1[C@@H]2CCCC[C@@H]1CC2. The van der Waals surface area contributed by atoms with E-state index in [1.807, 2.05) is 0 Å². The summed E-state index contributed by atoms with van der Waals surface area (Å²) in [6.07, 6.45) is 13.6. The van der Waals surface area contributed by atoms with Gasteiger partial charge in [-0.1, -0.05) is 89.1 Å². The van der Waals surface area contributed by atoms with Crippen molar-refractivity contribution in [3.05, 3.63) is 0 Å². The summed E-state index contributed by atoms with van der Waals surface area (Å²) in [5, 5.41) is 0. The first kappa shape index (κ1) is 11.5. The van der Waals surface area contributed by atoms with Crippen molar-refractivity contribution in [2.24, 2.45) is 0 Å². The fraction of sp³-hybridized carbons (Fsp3) is 1.00. The summed E-state index contributed by atoms with van der Waals surface area (Å²) in [7, 11) is 0. The van der Waals surface area contributed by atoms with Gasteiger partial charge in [0.1, 0.15) is 6.71 Å². The van der Waals surface area contributed by atoms with Gasteiger partial charge in [-0.15, -0.1) is 0 Å². The highest BCUT2D eigenvalue weighted by atomic mass is 14.3. The van der Waals surface area contributed by atoms with E-state index in [4.69, 9.17) is 0 Å². The van der Waals surface area contributed by atoms with E-state index in [9.17, 15) is 0 Å². The Bertz CT molecular complexity index is 176. The standard InChI is InChI=1S/C14H27B/c1-3-7-12(4-2)15-13-8-5-6-9-14(15)11-10-13/h12-14H,3-11H2,1-2H3/t12-,13-,14-/m1/s1. The quantitative estimate of drug-likeness (QED) is 0.556. The number of hydrogen-bond donors (Lipinski definition) is 0. The zero-order chi connectivity index (χ0) is 10.7. The molecule has 0 spiro atoms. The maximum absolute atomic E-state index is 2.42. The van der Waals surface area contributed by atoms with Gasteiger partial charge in [0.05, 0.1) is 0 Å². The molecule has 2 aliphatic rings. The Labute approximate surface area is 96.3 Å². The molecule has 2 saturated heterocycles. The maximum atomic E-state index is 2.42. The highest BCUT2D eigenvalue weighted by molar-refractivity contribution is 6.64. The Hall–Kier alpha value is 0.0649. The summed E-state index contributed by atoms with van der Waals surface area (Å²) in [5.41, 5.74) is 0. The average Bonchev–Trinajstić information content (AvgIpc) is 2.49. The van der Waals surface area contributed by atoms with Gasteiger partial charge in [-0.05, 0) is 0 Å². The number of rotatable bonds is 4. The third kappa shape index (κ3) is 2.42. The molecule has 0 radical (unpaired) electrons. The van der Waals surface area contributed by atoms with Crippen LogP contribution in [0.15, 0.2) is 0 Å². The maximum Gasteiger partial charge on any atom is 0.149 e.